The Morgan fingerprint density at radius 2 is 1.77 bits per heavy atom. The van der Waals surface area contributed by atoms with Gasteiger partial charge in [-0.25, -0.2) is 4.79 Å². The molecule has 2 rings (SSSR count). The van der Waals surface area contributed by atoms with Crippen molar-refractivity contribution >= 4 is 17.6 Å². The van der Waals surface area contributed by atoms with E-state index in [1.54, 1.807) is 33.5 Å². The molecule has 0 aliphatic rings. The van der Waals surface area contributed by atoms with Crippen molar-refractivity contribution in [3.8, 4) is 11.5 Å². The van der Waals surface area contributed by atoms with E-state index >= 15 is 0 Å². The van der Waals surface area contributed by atoms with Gasteiger partial charge in [0, 0.05) is 30.8 Å². The van der Waals surface area contributed by atoms with Crippen LogP contribution in [-0.4, -0.2) is 33.9 Å². The number of urea groups is 1. The van der Waals surface area contributed by atoms with Crippen LogP contribution in [0.1, 0.15) is 17.2 Å². The fourth-order valence-corrected chi connectivity index (χ4v) is 2.73. The summed E-state index contributed by atoms with van der Waals surface area (Å²) in [5, 5.41) is 6.19. The van der Waals surface area contributed by atoms with E-state index < -0.39 is 0 Å². The summed E-state index contributed by atoms with van der Waals surface area (Å²) in [5.74, 6) is 1.26. The molecule has 0 heterocycles. The van der Waals surface area contributed by atoms with E-state index in [4.69, 9.17) is 25.8 Å². The van der Waals surface area contributed by atoms with E-state index in [1.807, 2.05) is 30.3 Å². The van der Waals surface area contributed by atoms with Crippen molar-refractivity contribution in [1.82, 2.24) is 10.6 Å². The van der Waals surface area contributed by atoms with Gasteiger partial charge in [-0.2, -0.15) is 0 Å². The van der Waals surface area contributed by atoms with Crippen LogP contribution in [0.5, 0.6) is 11.5 Å². The third-order valence-electron chi connectivity index (χ3n) is 3.89. The molecular formula is C19H23ClN2O4. The van der Waals surface area contributed by atoms with Gasteiger partial charge in [-0.3, -0.25) is 0 Å². The Hall–Kier alpha value is -2.44. The molecule has 1 atom stereocenters. The number of benzene rings is 2. The van der Waals surface area contributed by atoms with Crippen molar-refractivity contribution in [2.24, 2.45) is 0 Å². The zero-order valence-corrected chi connectivity index (χ0v) is 15.8. The average molecular weight is 379 g/mol. The highest BCUT2D eigenvalue weighted by molar-refractivity contribution is 6.31. The van der Waals surface area contributed by atoms with Gasteiger partial charge in [0.05, 0.1) is 14.2 Å². The number of methoxy groups -OCH3 is 3. The number of hydrogen-bond acceptors (Lipinski definition) is 4. The molecule has 0 bridgehead atoms. The van der Waals surface area contributed by atoms with Crippen molar-refractivity contribution in [1.29, 1.82) is 0 Å². The van der Waals surface area contributed by atoms with Gasteiger partial charge in [0.1, 0.15) is 6.10 Å². The Morgan fingerprint density at radius 3 is 2.42 bits per heavy atom. The first-order valence-corrected chi connectivity index (χ1v) is 8.46. The summed E-state index contributed by atoms with van der Waals surface area (Å²) in [4.78, 5) is 12.1. The standard InChI is InChI=1S/C19H23ClN2O4/c1-24-16-9-8-13(10-17(16)25-2)11-21-19(23)22-12-18(26-3)14-6-4-5-7-15(14)20/h4-10,18H,11-12H2,1-3H3,(H2,21,22,23)/t18-/m0/s1. The lowest BCUT2D eigenvalue weighted by atomic mass is 10.1. The minimum absolute atomic E-state index is 0.297. The van der Waals surface area contributed by atoms with Crippen LogP contribution in [0.3, 0.4) is 0 Å². The molecule has 0 aromatic heterocycles. The van der Waals surface area contributed by atoms with Gasteiger partial charge in [-0.05, 0) is 23.8 Å². The highest BCUT2D eigenvalue weighted by Crippen LogP contribution is 2.27. The van der Waals surface area contributed by atoms with Gasteiger partial charge in [0.15, 0.2) is 11.5 Å². The lowest BCUT2D eigenvalue weighted by Gasteiger charge is -2.18. The number of ether oxygens (including phenoxy) is 3. The van der Waals surface area contributed by atoms with Crippen molar-refractivity contribution < 1.29 is 19.0 Å². The number of halogens is 1. The first kappa shape index (κ1) is 19.9. The number of amides is 2. The molecule has 0 aliphatic heterocycles. The van der Waals surface area contributed by atoms with E-state index in [0.717, 1.165) is 11.1 Å². The van der Waals surface area contributed by atoms with Crippen molar-refractivity contribution in [3.05, 3.63) is 58.6 Å². The third-order valence-corrected chi connectivity index (χ3v) is 4.23. The fraction of sp³-hybridized carbons (Fsp3) is 0.316. The van der Waals surface area contributed by atoms with Crippen LogP contribution in [0.4, 0.5) is 4.79 Å². The van der Waals surface area contributed by atoms with Crippen LogP contribution in [0, 0.1) is 0 Å². The topological polar surface area (TPSA) is 68.8 Å². The normalized spacial score (nSPS) is 11.5. The zero-order valence-electron chi connectivity index (χ0n) is 15.0. The predicted molar refractivity (Wildman–Crippen MR) is 101 cm³/mol. The van der Waals surface area contributed by atoms with E-state index in [9.17, 15) is 4.79 Å². The van der Waals surface area contributed by atoms with Crippen molar-refractivity contribution in [2.75, 3.05) is 27.9 Å². The molecule has 140 valence electrons. The highest BCUT2D eigenvalue weighted by atomic mass is 35.5. The van der Waals surface area contributed by atoms with Crippen LogP contribution < -0.4 is 20.1 Å². The molecule has 0 spiro atoms. The lowest BCUT2D eigenvalue weighted by Crippen LogP contribution is -2.37. The van der Waals surface area contributed by atoms with Gasteiger partial charge in [0.25, 0.3) is 0 Å². The Bertz CT molecular complexity index is 739. The summed E-state index contributed by atoms with van der Waals surface area (Å²) in [5.41, 5.74) is 1.73. The van der Waals surface area contributed by atoms with Crippen LogP contribution in [0.2, 0.25) is 5.02 Å². The lowest BCUT2D eigenvalue weighted by molar-refractivity contribution is 0.104. The van der Waals surface area contributed by atoms with Gasteiger partial charge in [-0.1, -0.05) is 35.9 Å². The molecule has 2 aromatic rings. The molecular weight excluding hydrogens is 356 g/mol. The Morgan fingerprint density at radius 1 is 1.04 bits per heavy atom. The van der Waals surface area contributed by atoms with E-state index in [2.05, 4.69) is 10.6 Å². The maximum Gasteiger partial charge on any atom is 0.315 e. The van der Waals surface area contributed by atoms with Gasteiger partial charge >= 0.3 is 6.03 Å². The number of rotatable bonds is 8. The fourth-order valence-electron chi connectivity index (χ4n) is 2.48. The van der Waals surface area contributed by atoms with Gasteiger partial charge in [0.2, 0.25) is 0 Å². The molecule has 0 unspecified atom stereocenters. The number of carbonyl (C=O) groups excluding carboxylic acids is 1. The summed E-state index contributed by atoms with van der Waals surface area (Å²) < 4.78 is 15.9. The SMILES string of the molecule is COc1ccc(CNC(=O)NC[C@H](OC)c2ccccc2Cl)cc1OC. The minimum Gasteiger partial charge on any atom is -0.493 e. The van der Waals surface area contributed by atoms with Crippen LogP contribution in [0.25, 0.3) is 0 Å². The third kappa shape index (κ3) is 5.28. The molecule has 0 radical (unpaired) electrons. The molecule has 2 N–H and O–H groups in total. The largest absolute Gasteiger partial charge is 0.493 e. The quantitative estimate of drug-likeness (QED) is 0.737. The zero-order chi connectivity index (χ0) is 18.9. The summed E-state index contributed by atoms with van der Waals surface area (Å²) in [6.45, 7) is 0.661. The van der Waals surface area contributed by atoms with E-state index in [0.29, 0.717) is 29.6 Å². The molecule has 7 heteroatoms. The minimum atomic E-state index is -0.324. The van der Waals surface area contributed by atoms with E-state index in [1.165, 1.54) is 0 Å². The summed E-state index contributed by atoms with van der Waals surface area (Å²) in [6.07, 6.45) is -0.324. The van der Waals surface area contributed by atoms with Crippen LogP contribution in [0.15, 0.2) is 42.5 Å². The number of hydrogen-bond donors (Lipinski definition) is 2. The molecule has 26 heavy (non-hydrogen) atoms. The molecule has 0 aliphatic carbocycles. The number of carbonyl (C=O) groups is 1. The van der Waals surface area contributed by atoms with Crippen molar-refractivity contribution in [3.63, 3.8) is 0 Å². The maximum atomic E-state index is 12.1. The van der Waals surface area contributed by atoms with Gasteiger partial charge in [-0.15, -0.1) is 0 Å². The maximum absolute atomic E-state index is 12.1. The second kappa shape index (κ2) is 9.89. The first-order chi connectivity index (χ1) is 12.6. The summed E-state index contributed by atoms with van der Waals surface area (Å²) in [7, 11) is 4.73. The molecule has 0 fully saturated rings. The second-order valence-corrected chi connectivity index (χ2v) is 5.91. The first-order valence-electron chi connectivity index (χ1n) is 8.08. The van der Waals surface area contributed by atoms with Crippen molar-refractivity contribution in [2.45, 2.75) is 12.6 Å². The second-order valence-electron chi connectivity index (χ2n) is 5.50. The number of nitrogens with one attached hydrogen (secondary N) is 2. The highest BCUT2D eigenvalue weighted by Gasteiger charge is 2.15. The van der Waals surface area contributed by atoms with Gasteiger partial charge < -0.3 is 24.8 Å². The Kier molecular flexibility index (Phi) is 7.56. The van der Waals surface area contributed by atoms with E-state index in [-0.39, 0.29) is 12.1 Å². The summed E-state index contributed by atoms with van der Waals surface area (Å²) in [6, 6.07) is 12.6. The average Bonchev–Trinajstić information content (AvgIpc) is 2.67. The molecule has 6 nitrogen and oxygen atoms in total. The smallest absolute Gasteiger partial charge is 0.315 e. The Labute approximate surface area is 158 Å². The van der Waals surface area contributed by atoms with Crippen LogP contribution in [-0.2, 0) is 11.3 Å². The molecule has 2 aromatic carbocycles. The Balaban J connectivity index is 1.88. The van der Waals surface area contributed by atoms with Crippen LogP contribution >= 0.6 is 11.6 Å². The molecule has 2 amide bonds. The molecule has 0 saturated carbocycles. The predicted octanol–water partition coefficient (Wildman–Crippen LogP) is 3.54. The molecule has 0 saturated heterocycles. The summed E-state index contributed by atoms with van der Waals surface area (Å²) >= 11 is 6.18. The monoisotopic (exact) mass is 378 g/mol.